The Morgan fingerprint density at radius 2 is 1.88 bits per heavy atom. The molecular formula is C25H25ClF3N3O2. The fraction of sp³-hybridized carbons (Fsp3) is 0.440. The predicted molar refractivity (Wildman–Crippen MR) is 122 cm³/mol. The molecule has 1 N–H and O–H groups in total. The number of rotatable bonds is 6. The Labute approximate surface area is 201 Å². The maximum atomic E-state index is 14.1. The lowest BCUT2D eigenvalue weighted by Crippen LogP contribution is -2.50. The molecule has 4 rings (SSSR count). The average molecular weight is 492 g/mol. The fourth-order valence-electron chi connectivity index (χ4n) is 5.25. The van der Waals surface area contributed by atoms with E-state index in [4.69, 9.17) is 11.6 Å². The zero-order chi connectivity index (χ0) is 24.8. The van der Waals surface area contributed by atoms with Gasteiger partial charge in [0.05, 0.1) is 22.9 Å². The third-order valence-electron chi connectivity index (χ3n) is 7.00. The Bertz CT molecular complexity index is 1150. The molecule has 1 atom stereocenters. The Morgan fingerprint density at radius 3 is 2.44 bits per heavy atom. The van der Waals surface area contributed by atoms with Gasteiger partial charge in [-0.15, -0.1) is 0 Å². The number of halogens is 4. The molecule has 0 spiro atoms. The van der Waals surface area contributed by atoms with Crippen molar-refractivity contribution < 1.29 is 23.1 Å². The summed E-state index contributed by atoms with van der Waals surface area (Å²) in [6, 6.07) is 9.88. The minimum atomic E-state index is -4.90. The number of nitrogens with zero attached hydrogens (tertiary/aromatic N) is 3. The second-order valence-electron chi connectivity index (χ2n) is 8.85. The molecule has 1 unspecified atom stereocenters. The van der Waals surface area contributed by atoms with Crippen molar-refractivity contribution in [2.24, 2.45) is 5.92 Å². The van der Waals surface area contributed by atoms with Crippen LogP contribution in [0.3, 0.4) is 0 Å². The maximum Gasteiger partial charge on any atom is 0.416 e. The van der Waals surface area contributed by atoms with Gasteiger partial charge in [0, 0.05) is 28.7 Å². The molecule has 2 aromatic carbocycles. The molecule has 0 radical (unpaired) electrons. The van der Waals surface area contributed by atoms with Crippen molar-refractivity contribution >= 4 is 23.2 Å². The highest BCUT2D eigenvalue weighted by Gasteiger charge is 2.57. The number of benzene rings is 2. The van der Waals surface area contributed by atoms with Gasteiger partial charge in [-0.05, 0) is 50.0 Å². The highest BCUT2D eigenvalue weighted by Crippen LogP contribution is 2.52. The summed E-state index contributed by atoms with van der Waals surface area (Å²) in [7, 11) is 0. The summed E-state index contributed by atoms with van der Waals surface area (Å²) in [6.07, 6.45) is -3.29. The van der Waals surface area contributed by atoms with Crippen LogP contribution in [0.5, 0.6) is 0 Å². The van der Waals surface area contributed by atoms with Gasteiger partial charge in [0.15, 0.2) is 5.60 Å². The van der Waals surface area contributed by atoms with Crippen LogP contribution in [0.15, 0.2) is 36.4 Å². The molecule has 1 saturated carbocycles. The molecule has 1 aliphatic carbocycles. The summed E-state index contributed by atoms with van der Waals surface area (Å²) in [5, 5.41) is 21.1. The van der Waals surface area contributed by atoms with Crippen LogP contribution in [-0.2, 0) is 16.6 Å². The van der Waals surface area contributed by atoms with Gasteiger partial charge in [0.2, 0.25) is 0 Å². The van der Waals surface area contributed by atoms with Crippen LogP contribution in [0.25, 0.3) is 0 Å². The van der Waals surface area contributed by atoms with E-state index in [2.05, 4.69) is 18.7 Å². The summed E-state index contributed by atoms with van der Waals surface area (Å²) in [5.41, 5.74) is -4.84. The topological polar surface area (TPSA) is 67.6 Å². The van der Waals surface area contributed by atoms with Crippen molar-refractivity contribution in [1.82, 2.24) is 4.90 Å². The van der Waals surface area contributed by atoms with E-state index in [0.717, 1.165) is 25.9 Å². The molecule has 2 aliphatic rings. The highest BCUT2D eigenvalue weighted by atomic mass is 35.5. The monoisotopic (exact) mass is 491 g/mol. The number of fused-ring (bicyclic) bond motifs is 1. The van der Waals surface area contributed by atoms with Crippen LogP contribution < -0.4 is 4.90 Å². The largest absolute Gasteiger partial charge is 0.416 e. The molecule has 0 saturated heterocycles. The van der Waals surface area contributed by atoms with Gasteiger partial charge in [0.1, 0.15) is 0 Å². The van der Waals surface area contributed by atoms with Crippen LogP contribution >= 0.6 is 11.6 Å². The van der Waals surface area contributed by atoms with Crippen molar-refractivity contribution in [1.29, 1.82) is 5.26 Å². The van der Waals surface area contributed by atoms with Gasteiger partial charge in [-0.3, -0.25) is 4.79 Å². The first-order valence-corrected chi connectivity index (χ1v) is 11.6. The van der Waals surface area contributed by atoms with Crippen molar-refractivity contribution in [3.63, 3.8) is 0 Å². The molecule has 1 aliphatic heterocycles. The number of hydrogen-bond donors (Lipinski definition) is 1. The van der Waals surface area contributed by atoms with E-state index in [0.29, 0.717) is 12.1 Å². The van der Waals surface area contributed by atoms with Crippen molar-refractivity contribution in [3.8, 4) is 6.07 Å². The summed E-state index contributed by atoms with van der Waals surface area (Å²) in [4.78, 5) is 17.2. The van der Waals surface area contributed by atoms with Crippen LogP contribution in [0, 0.1) is 17.2 Å². The van der Waals surface area contributed by atoms with E-state index in [1.165, 1.54) is 29.2 Å². The van der Waals surface area contributed by atoms with Gasteiger partial charge in [0.25, 0.3) is 5.91 Å². The summed E-state index contributed by atoms with van der Waals surface area (Å²) < 4.78 is 42.4. The van der Waals surface area contributed by atoms with E-state index in [1.54, 1.807) is 12.1 Å². The highest BCUT2D eigenvalue weighted by molar-refractivity contribution is 6.32. The molecule has 1 amide bonds. The lowest BCUT2D eigenvalue weighted by atomic mass is 9.78. The maximum absolute atomic E-state index is 14.1. The summed E-state index contributed by atoms with van der Waals surface area (Å²) >= 11 is 6.26. The lowest BCUT2D eigenvalue weighted by Gasteiger charge is -2.43. The summed E-state index contributed by atoms with van der Waals surface area (Å²) in [6.45, 7) is 6.09. The molecule has 1 fully saturated rings. The van der Waals surface area contributed by atoms with E-state index in [9.17, 15) is 28.3 Å². The lowest BCUT2D eigenvalue weighted by molar-refractivity contribution is -0.142. The molecular weight excluding hydrogens is 467 g/mol. The number of carbonyl (C=O) groups excluding carboxylic acids is 1. The van der Waals surface area contributed by atoms with E-state index in [-0.39, 0.29) is 34.3 Å². The van der Waals surface area contributed by atoms with Crippen molar-refractivity contribution in [2.75, 3.05) is 24.5 Å². The van der Waals surface area contributed by atoms with E-state index < -0.39 is 28.8 Å². The first kappa shape index (κ1) is 24.5. The average Bonchev–Trinajstić information content (AvgIpc) is 2.99. The number of aliphatic hydroxyl groups is 1. The van der Waals surface area contributed by atoms with Crippen LogP contribution in [0.1, 0.15) is 48.9 Å². The standard InChI is InChI=1S/C25H25ClF3N3O2/c1-3-31(4-2)17-9-16(10-17)14-32-21-12-15(13-30)11-19(25(27,28)29)22(21)24(34,23(32)33)18-7-5-6-8-20(18)26/h5-8,11-12,16-17,34H,3-4,9-10,14H2,1-2H3/t16-,17-,24?. The van der Waals surface area contributed by atoms with Gasteiger partial charge in [-0.25, -0.2) is 0 Å². The zero-order valence-corrected chi connectivity index (χ0v) is 19.6. The van der Waals surface area contributed by atoms with Gasteiger partial charge < -0.3 is 14.9 Å². The smallest absolute Gasteiger partial charge is 0.372 e. The molecule has 0 aromatic heterocycles. The Hall–Kier alpha value is -2.60. The minimum absolute atomic E-state index is 0.0196. The number of amides is 1. The molecule has 1 heterocycles. The third kappa shape index (κ3) is 3.86. The number of carbonyl (C=O) groups is 1. The third-order valence-corrected chi connectivity index (χ3v) is 7.33. The quantitative estimate of drug-likeness (QED) is 0.622. The Balaban J connectivity index is 1.82. The predicted octanol–water partition coefficient (Wildman–Crippen LogP) is 4.93. The van der Waals surface area contributed by atoms with Crippen molar-refractivity contribution in [3.05, 3.63) is 63.7 Å². The first-order chi connectivity index (χ1) is 16.1. The van der Waals surface area contributed by atoms with Gasteiger partial charge >= 0.3 is 6.18 Å². The fourth-order valence-corrected chi connectivity index (χ4v) is 5.52. The number of hydrogen-bond acceptors (Lipinski definition) is 4. The molecule has 2 aromatic rings. The van der Waals surface area contributed by atoms with Crippen LogP contribution in [0.4, 0.5) is 18.9 Å². The SMILES string of the molecule is CCN(CC)[C@H]1C[C@H](CN2C(=O)C(O)(c3ccccc3Cl)c3c2cc(C#N)cc3C(F)(F)F)C1. The molecule has 9 heteroatoms. The molecule has 0 bridgehead atoms. The van der Waals surface area contributed by atoms with Crippen molar-refractivity contribution in [2.45, 2.75) is 44.5 Å². The van der Waals surface area contributed by atoms with Gasteiger partial charge in [-0.1, -0.05) is 43.6 Å². The number of nitriles is 1. The second-order valence-corrected chi connectivity index (χ2v) is 9.25. The van der Waals surface area contributed by atoms with Gasteiger partial charge in [-0.2, -0.15) is 18.4 Å². The second kappa shape index (κ2) is 8.88. The normalized spacial score (nSPS) is 24.2. The molecule has 34 heavy (non-hydrogen) atoms. The van der Waals surface area contributed by atoms with E-state index >= 15 is 0 Å². The number of alkyl halides is 3. The Morgan fingerprint density at radius 1 is 1.24 bits per heavy atom. The zero-order valence-electron chi connectivity index (χ0n) is 18.9. The van der Waals surface area contributed by atoms with Crippen LogP contribution in [-0.4, -0.2) is 41.6 Å². The summed E-state index contributed by atoms with van der Waals surface area (Å²) in [5.74, 6) is -0.821. The van der Waals surface area contributed by atoms with E-state index in [1.807, 2.05) is 0 Å². The molecule has 5 nitrogen and oxygen atoms in total. The first-order valence-electron chi connectivity index (χ1n) is 11.2. The van der Waals surface area contributed by atoms with Crippen LogP contribution in [0.2, 0.25) is 5.02 Å². The number of anilines is 1. The molecule has 180 valence electrons. The Kier molecular flexibility index (Phi) is 6.40. The minimum Gasteiger partial charge on any atom is -0.372 e.